The van der Waals surface area contributed by atoms with Gasteiger partial charge in [-0.25, -0.2) is 9.97 Å². The zero-order valence-electron chi connectivity index (χ0n) is 26.7. The monoisotopic (exact) mass is 633 g/mol. The molecule has 4 heteroatoms. The van der Waals surface area contributed by atoms with Crippen LogP contribution in [-0.4, -0.2) is 9.97 Å². The Morgan fingerprint density at radius 2 is 1.12 bits per heavy atom. The summed E-state index contributed by atoms with van der Waals surface area (Å²) >= 11 is 1.75. The highest BCUT2D eigenvalue weighted by atomic mass is 32.2. The number of nitrogens with zero attached hydrogens (tertiary/aromatic N) is 3. The molecule has 0 aliphatic carbocycles. The first kappa shape index (κ1) is 29.6. The van der Waals surface area contributed by atoms with Gasteiger partial charge in [0.2, 0.25) is 0 Å². The minimum Gasteiger partial charge on any atom is -0.228 e. The fraction of sp³-hybridized carbons (Fsp3) is 0.0682. The Morgan fingerprint density at radius 1 is 0.521 bits per heavy atom. The van der Waals surface area contributed by atoms with Crippen molar-refractivity contribution in [2.24, 2.45) is 0 Å². The summed E-state index contributed by atoms with van der Waals surface area (Å²) in [6.07, 6.45) is 0. The number of nitriles is 1. The Hall–Kier alpha value is -5.76. The smallest absolute Gasteiger partial charge is 0.160 e. The highest BCUT2D eigenvalue weighted by Gasteiger charge is 2.35. The average Bonchev–Trinajstić information content (AvgIpc) is 3.15. The molecule has 0 atom stereocenters. The Morgan fingerprint density at radius 3 is 1.85 bits per heavy atom. The molecule has 1 aliphatic rings. The molecule has 0 bridgehead atoms. The molecular weight excluding hydrogens is 603 g/mol. The van der Waals surface area contributed by atoms with Crippen molar-refractivity contribution in [1.82, 2.24) is 9.97 Å². The van der Waals surface area contributed by atoms with Gasteiger partial charge in [-0.3, -0.25) is 0 Å². The van der Waals surface area contributed by atoms with Gasteiger partial charge in [-0.2, -0.15) is 5.26 Å². The molecule has 48 heavy (non-hydrogen) atoms. The van der Waals surface area contributed by atoms with Crippen LogP contribution in [0.2, 0.25) is 0 Å². The van der Waals surface area contributed by atoms with E-state index in [0.717, 1.165) is 55.2 Å². The molecule has 3 nitrogen and oxygen atoms in total. The second kappa shape index (κ2) is 12.1. The van der Waals surface area contributed by atoms with Crippen LogP contribution >= 0.6 is 11.8 Å². The Kier molecular flexibility index (Phi) is 7.48. The van der Waals surface area contributed by atoms with Crippen LogP contribution < -0.4 is 0 Å². The summed E-state index contributed by atoms with van der Waals surface area (Å²) in [5, 5.41) is 9.97. The molecule has 0 unspecified atom stereocenters. The second-order valence-corrected chi connectivity index (χ2v) is 13.6. The molecular formula is C44H31N3S. The van der Waals surface area contributed by atoms with Gasteiger partial charge in [0.05, 0.1) is 23.0 Å². The van der Waals surface area contributed by atoms with Crippen LogP contribution in [0.5, 0.6) is 0 Å². The van der Waals surface area contributed by atoms with E-state index in [1.165, 1.54) is 21.6 Å². The van der Waals surface area contributed by atoms with E-state index in [1.54, 1.807) is 11.8 Å². The molecule has 0 N–H and O–H groups in total. The fourth-order valence-corrected chi connectivity index (χ4v) is 8.16. The highest BCUT2D eigenvalue weighted by Crippen LogP contribution is 2.51. The topological polar surface area (TPSA) is 49.6 Å². The summed E-state index contributed by atoms with van der Waals surface area (Å²) in [6, 6.07) is 55.0. The van der Waals surface area contributed by atoms with Crippen molar-refractivity contribution in [2.75, 3.05) is 0 Å². The van der Waals surface area contributed by atoms with Gasteiger partial charge in [-0.15, -0.1) is 0 Å². The first-order valence-corrected chi connectivity index (χ1v) is 16.9. The normalized spacial score (nSPS) is 12.9. The first-order chi connectivity index (χ1) is 23.5. The van der Waals surface area contributed by atoms with Gasteiger partial charge in [0.25, 0.3) is 0 Å². The quantitative estimate of drug-likeness (QED) is 0.189. The summed E-state index contributed by atoms with van der Waals surface area (Å²) in [5.41, 5.74) is 12.1. The van der Waals surface area contributed by atoms with E-state index in [0.29, 0.717) is 5.82 Å². The van der Waals surface area contributed by atoms with Gasteiger partial charge < -0.3 is 0 Å². The third-order valence-electron chi connectivity index (χ3n) is 9.20. The van der Waals surface area contributed by atoms with E-state index >= 15 is 0 Å². The van der Waals surface area contributed by atoms with Crippen molar-refractivity contribution in [3.63, 3.8) is 0 Å². The zero-order chi connectivity index (χ0) is 32.7. The molecule has 6 aromatic carbocycles. The Balaban J connectivity index is 1.25. The fourth-order valence-electron chi connectivity index (χ4n) is 6.75. The van der Waals surface area contributed by atoms with Gasteiger partial charge in [-0.1, -0.05) is 147 Å². The van der Waals surface area contributed by atoms with Crippen LogP contribution in [0.25, 0.3) is 56.2 Å². The van der Waals surface area contributed by atoms with Crippen LogP contribution in [-0.2, 0) is 5.41 Å². The van der Waals surface area contributed by atoms with Crippen LogP contribution in [0.4, 0.5) is 0 Å². The maximum Gasteiger partial charge on any atom is 0.160 e. The number of aromatic nitrogens is 2. The van der Waals surface area contributed by atoms with Crippen molar-refractivity contribution in [2.45, 2.75) is 29.1 Å². The molecule has 1 aromatic heterocycles. The molecule has 0 radical (unpaired) electrons. The van der Waals surface area contributed by atoms with Crippen LogP contribution in [0, 0.1) is 11.3 Å². The minimum absolute atomic E-state index is 0.332. The van der Waals surface area contributed by atoms with Crippen molar-refractivity contribution >= 4 is 11.8 Å². The standard InChI is InChI=1S/C44H31N3S/c1-44(2)37-26-33(24-25-40(37)48-41-19-11-16-34(28-45)42(41)44)35-17-9-10-18-36(35)39-27-38(46-43(47-39)32-14-7-4-8-15-32)31-22-20-30(21-23-31)29-12-5-3-6-13-29/h3-27H,1-2H3. The number of rotatable bonds is 5. The molecule has 0 saturated heterocycles. The predicted octanol–water partition coefficient (Wildman–Crippen LogP) is 11.5. The van der Waals surface area contributed by atoms with Crippen molar-refractivity contribution < 1.29 is 0 Å². The predicted molar refractivity (Wildman–Crippen MR) is 197 cm³/mol. The molecule has 7 aromatic rings. The molecule has 0 fully saturated rings. The van der Waals surface area contributed by atoms with E-state index in [-0.39, 0.29) is 5.41 Å². The summed E-state index contributed by atoms with van der Waals surface area (Å²) in [5.74, 6) is 0.689. The van der Waals surface area contributed by atoms with Crippen molar-refractivity contribution in [3.8, 4) is 62.2 Å². The molecule has 228 valence electrons. The van der Waals surface area contributed by atoms with Gasteiger partial charge in [-0.05, 0) is 63.7 Å². The number of hydrogen-bond acceptors (Lipinski definition) is 4. The van der Waals surface area contributed by atoms with E-state index < -0.39 is 0 Å². The lowest BCUT2D eigenvalue weighted by Gasteiger charge is -2.35. The largest absolute Gasteiger partial charge is 0.228 e. The molecule has 8 rings (SSSR count). The summed E-state index contributed by atoms with van der Waals surface area (Å²) < 4.78 is 0. The molecule has 0 amide bonds. The third kappa shape index (κ3) is 5.29. The SMILES string of the molecule is CC1(C)c2cc(-c3ccccc3-c3cc(-c4ccc(-c5ccccc5)cc4)nc(-c4ccccc4)n3)ccc2Sc2cccc(C#N)c21. The first-order valence-electron chi connectivity index (χ1n) is 16.1. The third-order valence-corrected chi connectivity index (χ3v) is 10.3. The maximum atomic E-state index is 9.97. The van der Waals surface area contributed by atoms with Crippen molar-refractivity contribution in [3.05, 3.63) is 168 Å². The number of benzene rings is 6. The van der Waals surface area contributed by atoms with Crippen LogP contribution in [0.15, 0.2) is 161 Å². The van der Waals surface area contributed by atoms with Crippen LogP contribution in [0.1, 0.15) is 30.5 Å². The molecule has 1 aliphatic heterocycles. The lowest BCUT2D eigenvalue weighted by Crippen LogP contribution is -2.25. The zero-order valence-corrected chi connectivity index (χ0v) is 27.5. The van der Waals surface area contributed by atoms with E-state index in [1.807, 2.05) is 36.4 Å². The number of hydrogen-bond donors (Lipinski definition) is 0. The van der Waals surface area contributed by atoms with Gasteiger partial charge >= 0.3 is 0 Å². The molecule has 0 spiro atoms. The second-order valence-electron chi connectivity index (χ2n) is 12.5. The van der Waals surface area contributed by atoms with E-state index in [9.17, 15) is 5.26 Å². The summed E-state index contributed by atoms with van der Waals surface area (Å²) in [7, 11) is 0. The maximum absolute atomic E-state index is 9.97. The van der Waals surface area contributed by atoms with Crippen LogP contribution in [0.3, 0.4) is 0 Å². The lowest BCUT2D eigenvalue weighted by molar-refractivity contribution is 0.605. The highest BCUT2D eigenvalue weighted by molar-refractivity contribution is 7.99. The lowest BCUT2D eigenvalue weighted by atomic mass is 9.75. The van der Waals surface area contributed by atoms with Gasteiger partial charge in [0.1, 0.15) is 0 Å². The van der Waals surface area contributed by atoms with E-state index in [4.69, 9.17) is 9.97 Å². The Bertz CT molecular complexity index is 2340. The van der Waals surface area contributed by atoms with Gasteiger partial charge in [0.15, 0.2) is 5.82 Å². The molecule has 2 heterocycles. The summed E-state index contributed by atoms with van der Waals surface area (Å²) in [4.78, 5) is 12.6. The minimum atomic E-state index is -0.332. The van der Waals surface area contributed by atoms with E-state index in [2.05, 4.69) is 135 Å². The van der Waals surface area contributed by atoms with Crippen molar-refractivity contribution in [1.29, 1.82) is 5.26 Å². The van der Waals surface area contributed by atoms with Gasteiger partial charge in [0, 0.05) is 31.9 Å². The molecule has 0 saturated carbocycles. The number of fused-ring (bicyclic) bond motifs is 2. The summed E-state index contributed by atoms with van der Waals surface area (Å²) in [6.45, 7) is 4.46. The average molecular weight is 634 g/mol. The Labute approximate surface area is 285 Å².